The SMILES string of the molecule is C.CCCCC(C)(C)CC.[Y]. The maximum atomic E-state index is 2.35. The van der Waals surface area contributed by atoms with Crippen molar-refractivity contribution in [1.29, 1.82) is 0 Å². The summed E-state index contributed by atoms with van der Waals surface area (Å²) in [6.07, 6.45) is 5.43. The van der Waals surface area contributed by atoms with E-state index in [9.17, 15) is 0 Å². The van der Waals surface area contributed by atoms with Gasteiger partial charge in [-0.3, -0.25) is 0 Å². The number of hydrogen-bond donors (Lipinski definition) is 0. The summed E-state index contributed by atoms with van der Waals surface area (Å²) < 4.78 is 0. The Morgan fingerprint density at radius 1 is 1.09 bits per heavy atom. The summed E-state index contributed by atoms with van der Waals surface area (Å²) in [6, 6.07) is 0. The molecule has 0 rings (SSSR count). The zero-order chi connectivity index (χ0) is 7.33. The molecule has 1 radical (unpaired) electrons. The van der Waals surface area contributed by atoms with Gasteiger partial charge < -0.3 is 0 Å². The van der Waals surface area contributed by atoms with E-state index in [-0.39, 0.29) is 40.1 Å². The fourth-order valence-corrected chi connectivity index (χ4v) is 0.832. The summed E-state index contributed by atoms with van der Waals surface area (Å²) in [4.78, 5) is 0. The van der Waals surface area contributed by atoms with Gasteiger partial charge in [-0.1, -0.05) is 54.4 Å². The Balaban J connectivity index is -0.000000320. The smallest absolute Gasteiger partial charge is 0 e. The monoisotopic (exact) mass is 233 g/mol. The fraction of sp³-hybridized carbons (Fsp3) is 1.00. The van der Waals surface area contributed by atoms with Crippen LogP contribution in [-0.2, 0) is 32.7 Å². The van der Waals surface area contributed by atoms with Crippen LogP contribution >= 0.6 is 0 Å². The van der Waals surface area contributed by atoms with Gasteiger partial charge in [0.15, 0.2) is 0 Å². The Morgan fingerprint density at radius 3 is 1.82 bits per heavy atom. The topological polar surface area (TPSA) is 0 Å². The van der Waals surface area contributed by atoms with Gasteiger partial charge in [0, 0.05) is 32.7 Å². The largest absolute Gasteiger partial charge is 0.0776 e. The van der Waals surface area contributed by atoms with E-state index in [4.69, 9.17) is 0 Å². The van der Waals surface area contributed by atoms with Crippen molar-refractivity contribution in [2.24, 2.45) is 5.41 Å². The molecule has 0 atom stereocenters. The molecule has 0 aliphatic heterocycles. The van der Waals surface area contributed by atoms with Gasteiger partial charge >= 0.3 is 0 Å². The number of hydrogen-bond acceptors (Lipinski definition) is 0. The van der Waals surface area contributed by atoms with Crippen LogP contribution in [0.25, 0.3) is 0 Å². The average Bonchev–Trinajstić information content (AvgIpc) is 1.84. The summed E-state index contributed by atoms with van der Waals surface area (Å²) in [7, 11) is 0. The first-order valence-corrected chi connectivity index (χ1v) is 4.12. The van der Waals surface area contributed by atoms with Crippen LogP contribution in [0, 0.1) is 5.41 Å². The van der Waals surface area contributed by atoms with Crippen molar-refractivity contribution in [3.8, 4) is 0 Å². The van der Waals surface area contributed by atoms with Gasteiger partial charge in [0.1, 0.15) is 0 Å². The second kappa shape index (κ2) is 9.19. The van der Waals surface area contributed by atoms with E-state index in [1.54, 1.807) is 0 Å². The van der Waals surface area contributed by atoms with E-state index in [2.05, 4.69) is 27.7 Å². The van der Waals surface area contributed by atoms with Crippen molar-refractivity contribution < 1.29 is 32.7 Å². The molecule has 0 aromatic heterocycles. The van der Waals surface area contributed by atoms with E-state index >= 15 is 0 Å². The van der Waals surface area contributed by atoms with Crippen LogP contribution in [0.5, 0.6) is 0 Å². The van der Waals surface area contributed by atoms with Crippen molar-refractivity contribution in [1.82, 2.24) is 0 Å². The predicted octanol–water partition coefficient (Wildman–Crippen LogP) is 4.25. The third-order valence-electron chi connectivity index (χ3n) is 2.16. The third-order valence-corrected chi connectivity index (χ3v) is 2.16. The Hall–Kier alpha value is 1.10. The van der Waals surface area contributed by atoms with Gasteiger partial charge in [0.25, 0.3) is 0 Å². The number of rotatable bonds is 4. The molecule has 0 amide bonds. The minimum atomic E-state index is 0. The van der Waals surface area contributed by atoms with Gasteiger partial charge in [0.2, 0.25) is 0 Å². The van der Waals surface area contributed by atoms with Gasteiger partial charge in [-0.15, -0.1) is 0 Å². The molecule has 0 nitrogen and oxygen atoms in total. The van der Waals surface area contributed by atoms with Crippen LogP contribution in [-0.4, -0.2) is 0 Å². The molecule has 0 heterocycles. The maximum absolute atomic E-state index is 2.35. The number of unbranched alkanes of at least 4 members (excludes halogenated alkanes) is 1. The van der Waals surface area contributed by atoms with Crippen molar-refractivity contribution in [2.45, 2.75) is 60.8 Å². The van der Waals surface area contributed by atoms with Crippen molar-refractivity contribution >= 4 is 0 Å². The zero-order valence-electron chi connectivity index (χ0n) is 7.91. The Kier molecular flexibility index (Phi) is 15.0. The van der Waals surface area contributed by atoms with E-state index in [0.29, 0.717) is 5.41 Å². The molecule has 0 bridgehead atoms. The Labute approximate surface area is 98.4 Å². The first kappa shape index (κ1) is 18.0. The van der Waals surface area contributed by atoms with Crippen molar-refractivity contribution in [3.63, 3.8) is 0 Å². The molecule has 0 saturated heterocycles. The zero-order valence-corrected chi connectivity index (χ0v) is 10.7. The summed E-state index contributed by atoms with van der Waals surface area (Å²) in [6.45, 7) is 9.23. The van der Waals surface area contributed by atoms with Gasteiger partial charge in [-0.25, -0.2) is 0 Å². The van der Waals surface area contributed by atoms with Crippen LogP contribution in [0.15, 0.2) is 0 Å². The van der Waals surface area contributed by atoms with Gasteiger partial charge in [-0.05, 0) is 11.8 Å². The molecule has 0 aromatic carbocycles. The third kappa shape index (κ3) is 11.1. The molecular formula is C10H24Y. The molecule has 11 heavy (non-hydrogen) atoms. The first-order valence-electron chi connectivity index (χ1n) is 4.12. The minimum Gasteiger partial charge on any atom is -0.0776 e. The van der Waals surface area contributed by atoms with Gasteiger partial charge in [0.05, 0.1) is 0 Å². The Bertz CT molecular complexity index is 67.3. The van der Waals surface area contributed by atoms with E-state index in [0.717, 1.165) is 0 Å². The molecule has 0 fully saturated rings. The molecule has 0 N–H and O–H groups in total. The molecule has 0 spiro atoms. The maximum Gasteiger partial charge on any atom is 0 e. The molecule has 0 unspecified atom stereocenters. The Morgan fingerprint density at radius 2 is 1.55 bits per heavy atom. The van der Waals surface area contributed by atoms with Crippen LogP contribution in [0.4, 0.5) is 0 Å². The molecule has 1 heteroatoms. The standard InChI is InChI=1S/C9H20.CH4.Y/c1-5-7-8-9(3,4)6-2;;/h5-8H2,1-4H3;1H4;. The van der Waals surface area contributed by atoms with Crippen LogP contribution in [0.1, 0.15) is 60.8 Å². The molecule has 67 valence electrons. The van der Waals surface area contributed by atoms with Crippen LogP contribution in [0.3, 0.4) is 0 Å². The fourth-order valence-electron chi connectivity index (χ4n) is 0.832. The summed E-state index contributed by atoms with van der Waals surface area (Å²) >= 11 is 0. The molecule has 0 aliphatic carbocycles. The van der Waals surface area contributed by atoms with Crippen molar-refractivity contribution in [2.75, 3.05) is 0 Å². The second-order valence-electron chi connectivity index (χ2n) is 3.62. The molecular weight excluding hydrogens is 209 g/mol. The van der Waals surface area contributed by atoms with Crippen LogP contribution in [0.2, 0.25) is 0 Å². The average molecular weight is 233 g/mol. The summed E-state index contributed by atoms with van der Waals surface area (Å²) in [5.41, 5.74) is 0.593. The quantitative estimate of drug-likeness (QED) is 0.681. The molecule has 0 aromatic rings. The summed E-state index contributed by atoms with van der Waals surface area (Å²) in [5.74, 6) is 0. The van der Waals surface area contributed by atoms with Crippen LogP contribution < -0.4 is 0 Å². The normalized spacial score (nSPS) is 9.82. The molecule has 0 saturated carbocycles. The van der Waals surface area contributed by atoms with Crippen molar-refractivity contribution in [3.05, 3.63) is 0 Å². The first-order chi connectivity index (χ1) is 4.12. The predicted molar refractivity (Wildman–Crippen MR) is 50.3 cm³/mol. The minimum absolute atomic E-state index is 0. The van der Waals surface area contributed by atoms with E-state index < -0.39 is 0 Å². The van der Waals surface area contributed by atoms with Gasteiger partial charge in [-0.2, -0.15) is 0 Å². The van der Waals surface area contributed by atoms with E-state index in [1.165, 1.54) is 25.7 Å². The summed E-state index contributed by atoms with van der Waals surface area (Å²) in [5, 5.41) is 0. The second-order valence-corrected chi connectivity index (χ2v) is 3.62. The van der Waals surface area contributed by atoms with E-state index in [1.807, 2.05) is 0 Å². The molecule has 0 aliphatic rings.